The molecule has 6 nitrogen and oxygen atoms in total. The summed E-state index contributed by atoms with van der Waals surface area (Å²) >= 11 is 6.24. The second-order valence-corrected chi connectivity index (χ2v) is 7.79. The average molecular weight is 434 g/mol. The van der Waals surface area contributed by atoms with Crippen LogP contribution >= 0.6 is 11.6 Å². The van der Waals surface area contributed by atoms with Gasteiger partial charge in [-0.25, -0.2) is 4.79 Å². The standard InChI is InChI=1S/C24H20ClN3O3/c1-24(18-12-6-7-13-19(18)25)22(30)28(23(31)27-24)15-21(29)26-20-14-8-5-11-17(20)16-9-3-2-4-10-16/h2-14H,15H2,1H3,(H,26,29)(H,27,31)/t24-/m1/s1. The molecule has 0 saturated carbocycles. The molecule has 0 spiro atoms. The summed E-state index contributed by atoms with van der Waals surface area (Å²) in [6, 6.07) is 23.2. The number of hydrogen-bond donors (Lipinski definition) is 2. The molecule has 1 atom stereocenters. The minimum atomic E-state index is -1.34. The number of rotatable bonds is 5. The number of halogens is 1. The van der Waals surface area contributed by atoms with Crippen molar-refractivity contribution >= 4 is 35.1 Å². The first-order valence-electron chi connectivity index (χ1n) is 9.73. The van der Waals surface area contributed by atoms with Crippen LogP contribution in [-0.2, 0) is 15.1 Å². The summed E-state index contributed by atoms with van der Waals surface area (Å²) in [7, 11) is 0. The van der Waals surface area contributed by atoms with Gasteiger partial charge in [0.1, 0.15) is 12.1 Å². The molecule has 1 aliphatic rings. The predicted octanol–water partition coefficient (Wildman–Crippen LogP) is 4.41. The van der Waals surface area contributed by atoms with Gasteiger partial charge in [-0.1, -0.05) is 78.3 Å². The zero-order valence-electron chi connectivity index (χ0n) is 16.8. The highest BCUT2D eigenvalue weighted by Gasteiger charge is 2.50. The average Bonchev–Trinajstić information content (AvgIpc) is 2.98. The van der Waals surface area contributed by atoms with Crippen LogP contribution in [0.4, 0.5) is 10.5 Å². The normalized spacial score (nSPS) is 18.1. The number of anilines is 1. The van der Waals surface area contributed by atoms with Gasteiger partial charge >= 0.3 is 6.03 Å². The zero-order chi connectivity index (χ0) is 22.0. The van der Waals surface area contributed by atoms with Crippen molar-refractivity contribution < 1.29 is 14.4 Å². The van der Waals surface area contributed by atoms with E-state index in [1.165, 1.54) is 0 Å². The molecule has 0 radical (unpaired) electrons. The van der Waals surface area contributed by atoms with E-state index in [1.54, 1.807) is 37.3 Å². The molecule has 0 aliphatic carbocycles. The van der Waals surface area contributed by atoms with Gasteiger partial charge in [-0.3, -0.25) is 14.5 Å². The Morgan fingerprint density at radius 3 is 2.35 bits per heavy atom. The van der Waals surface area contributed by atoms with Gasteiger partial charge in [-0.05, 0) is 24.6 Å². The Kier molecular flexibility index (Phi) is 5.48. The SMILES string of the molecule is C[C@]1(c2ccccc2Cl)NC(=O)N(CC(=O)Nc2ccccc2-c2ccccc2)C1=O. The van der Waals surface area contributed by atoms with Crippen molar-refractivity contribution in [1.29, 1.82) is 0 Å². The highest BCUT2D eigenvalue weighted by atomic mass is 35.5. The number of carbonyl (C=O) groups is 3. The molecule has 4 amide bonds. The number of nitrogens with one attached hydrogen (secondary N) is 2. The van der Waals surface area contributed by atoms with Crippen molar-refractivity contribution in [1.82, 2.24) is 10.2 Å². The first-order valence-corrected chi connectivity index (χ1v) is 10.1. The van der Waals surface area contributed by atoms with Crippen LogP contribution in [0.15, 0.2) is 78.9 Å². The van der Waals surface area contributed by atoms with Crippen LogP contribution in [0.1, 0.15) is 12.5 Å². The maximum atomic E-state index is 13.1. The molecule has 1 saturated heterocycles. The molecule has 31 heavy (non-hydrogen) atoms. The van der Waals surface area contributed by atoms with Crippen LogP contribution in [0.2, 0.25) is 5.02 Å². The van der Waals surface area contributed by atoms with E-state index in [0.717, 1.165) is 16.0 Å². The third-order valence-electron chi connectivity index (χ3n) is 5.28. The molecular weight excluding hydrogens is 414 g/mol. The summed E-state index contributed by atoms with van der Waals surface area (Å²) in [5.74, 6) is -1.01. The van der Waals surface area contributed by atoms with Crippen molar-refractivity contribution in [2.45, 2.75) is 12.5 Å². The van der Waals surface area contributed by atoms with Crippen LogP contribution in [0.25, 0.3) is 11.1 Å². The van der Waals surface area contributed by atoms with E-state index in [9.17, 15) is 14.4 Å². The fourth-order valence-electron chi connectivity index (χ4n) is 3.68. The number of hydrogen-bond acceptors (Lipinski definition) is 3. The van der Waals surface area contributed by atoms with Crippen LogP contribution in [0, 0.1) is 0 Å². The smallest absolute Gasteiger partial charge is 0.324 e. The van der Waals surface area contributed by atoms with Gasteiger partial charge in [0.25, 0.3) is 5.91 Å². The van der Waals surface area contributed by atoms with Gasteiger partial charge in [-0.2, -0.15) is 0 Å². The summed E-state index contributed by atoms with van der Waals surface area (Å²) in [5.41, 5.74) is 1.53. The Morgan fingerprint density at radius 2 is 1.61 bits per heavy atom. The number of urea groups is 1. The van der Waals surface area contributed by atoms with E-state index in [1.807, 2.05) is 48.5 Å². The Hall–Kier alpha value is -3.64. The molecule has 0 unspecified atom stereocenters. The lowest BCUT2D eigenvalue weighted by Crippen LogP contribution is -2.42. The highest BCUT2D eigenvalue weighted by Crippen LogP contribution is 2.33. The van der Waals surface area contributed by atoms with Crippen molar-refractivity contribution in [2.24, 2.45) is 0 Å². The van der Waals surface area contributed by atoms with Gasteiger partial charge in [0, 0.05) is 21.8 Å². The third-order valence-corrected chi connectivity index (χ3v) is 5.60. The van der Waals surface area contributed by atoms with Crippen LogP contribution in [0.5, 0.6) is 0 Å². The molecule has 3 aromatic carbocycles. The Labute approximate surface area is 184 Å². The Bertz CT molecular complexity index is 1170. The quantitative estimate of drug-likeness (QED) is 0.585. The number of amides is 4. The lowest BCUT2D eigenvalue weighted by molar-refractivity contribution is -0.133. The number of imide groups is 1. The Balaban J connectivity index is 1.53. The van der Waals surface area contributed by atoms with E-state index >= 15 is 0 Å². The van der Waals surface area contributed by atoms with Gasteiger partial charge < -0.3 is 10.6 Å². The summed E-state index contributed by atoms with van der Waals surface area (Å²) in [4.78, 5) is 39.3. The van der Waals surface area contributed by atoms with E-state index in [4.69, 9.17) is 11.6 Å². The van der Waals surface area contributed by atoms with Gasteiger partial charge in [-0.15, -0.1) is 0 Å². The fraction of sp³-hybridized carbons (Fsp3) is 0.125. The monoisotopic (exact) mass is 433 g/mol. The topological polar surface area (TPSA) is 78.5 Å². The maximum absolute atomic E-state index is 13.1. The molecule has 3 aromatic rings. The molecule has 1 heterocycles. The van der Waals surface area contributed by atoms with Crippen LogP contribution in [-0.4, -0.2) is 29.3 Å². The zero-order valence-corrected chi connectivity index (χ0v) is 17.5. The third kappa shape index (κ3) is 3.90. The summed E-state index contributed by atoms with van der Waals surface area (Å²) in [6.45, 7) is 1.17. The van der Waals surface area contributed by atoms with E-state index in [0.29, 0.717) is 16.3 Å². The largest absolute Gasteiger partial charge is 0.325 e. The summed E-state index contributed by atoms with van der Waals surface area (Å²) in [6.07, 6.45) is 0. The maximum Gasteiger partial charge on any atom is 0.325 e. The first-order chi connectivity index (χ1) is 14.9. The molecule has 156 valence electrons. The van der Waals surface area contributed by atoms with Crippen LogP contribution in [0.3, 0.4) is 0 Å². The van der Waals surface area contributed by atoms with E-state index in [2.05, 4.69) is 10.6 Å². The molecule has 1 fully saturated rings. The van der Waals surface area contributed by atoms with E-state index in [-0.39, 0.29) is 0 Å². The van der Waals surface area contributed by atoms with Crippen molar-refractivity contribution in [2.75, 3.05) is 11.9 Å². The van der Waals surface area contributed by atoms with Crippen molar-refractivity contribution in [3.63, 3.8) is 0 Å². The first kappa shape index (κ1) is 20.6. The van der Waals surface area contributed by atoms with Crippen LogP contribution < -0.4 is 10.6 Å². The molecular formula is C24H20ClN3O3. The molecule has 4 rings (SSSR count). The molecule has 7 heteroatoms. The molecule has 0 aromatic heterocycles. The minimum absolute atomic E-state index is 0.363. The minimum Gasteiger partial charge on any atom is -0.324 e. The molecule has 2 N–H and O–H groups in total. The van der Waals surface area contributed by atoms with Crippen molar-refractivity contribution in [3.05, 3.63) is 89.4 Å². The van der Waals surface area contributed by atoms with Crippen molar-refractivity contribution in [3.8, 4) is 11.1 Å². The predicted molar refractivity (Wildman–Crippen MR) is 120 cm³/mol. The number of para-hydroxylation sites is 1. The summed E-state index contributed by atoms with van der Waals surface area (Å²) < 4.78 is 0. The van der Waals surface area contributed by atoms with E-state index < -0.39 is 29.9 Å². The number of nitrogens with zero attached hydrogens (tertiary/aromatic N) is 1. The fourth-order valence-corrected chi connectivity index (χ4v) is 4.01. The molecule has 0 bridgehead atoms. The highest BCUT2D eigenvalue weighted by molar-refractivity contribution is 6.32. The second kappa shape index (κ2) is 8.24. The van der Waals surface area contributed by atoms with Gasteiger partial charge in [0.05, 0.1) is 0 Å². The second-order valence-electron chi connectivity index (χ2n) is 7.39. The van der Waals surface area contributed by atoms with Gasteiger partial charge in [0.15, 0.2) is 0 Å². The molecule has 1 aliphatic heterocycles. The lowest BCUT2D eigenvalue weighted by atomic mass is 9.92. The lowest BCUT2D eigenvalue weighted by Gasteiger charge is -2.23. The summed E-state index contributed by atoms with van der Waals surface area (Å²) in [5, 5.41) is 5.85. The van der Waals surface area contributed by atoms with Gasteiger partial charge in [0.2, 0.25) is 5.91 Å². The number of carbonyl (C=O) groups excluding carboxylic acids is 3. The number of benzene rings is 3. The Morgan fingerprint density at radius 1 is 0.968 bits per heavy atom.